The van der Waals surface area contributed by atoms with E-state index in [1.54, 1.807) is 12.4 Å². The highest BCUT2D eigenvalue weighted by Crippen LogP contribution is 2.19. The third kappa shape index (κ3) is 5.31. The number of aryl methyl sites for hydroxylation is 1. The Kier molecular flexibility index (Phi) is 6.44. The molecule has 6 heteroatoms. The van der Waals surface area contributed by atoms with Crippen LogP contribution in [-0.4, -0.2) is 22.9 Å². The maximum Gasteiger partial charge on any atom is 0.316 e. The van der Waals surface area contributed by atoms with Crippen LogP contribution >= 0.6 is 0 Å². The number of benzene rings is 1. The van der Waals surface area contributed by atoms with Crippen molar-refractivity contribution in [3.05, 3.63) is 87.1 Å². The van der Waals surface area contributed by atoms with Gasteiger partial charge in [-0.2, -0.15) is 4.98 Å². The zero-order valence-corrected chi connectivity index (χ0v) is 17.3. The Hall–Kier alpha value is -3.41. The quantitative estimate of drug-likeness (QED) is 0.801. The topological polar surface area (TPSA) is 68.5 Å². The van der Waals surface area contributed by atoms with E-state index in [0.717, 1.165) is 29.0 Å². The van der Waals surface area contributed by atoms with Crippen molar-refractivity contribution < 1.29 is 4.74 Å². The molecule has 150 valence electrons. The Balaban J connectivity index is 1.99. The van der Waals surface area contributed by atoms with Crippen LogP contribution in [0, 0.1) is 6.92 Å². The van der Waals surface area contributed by atoms with Crippen molar-refractivity contribution in [3.63, 3.8) is 0 Å². The van der Waals surface area contributed by atoms with E-state index < -0.39 is 5.56 Å². The molecule has 6 nitrogen and oxygen atoms in total. The Labute approximate surface area is 171 Å². The van der Waals surface area contributed by atoms with E-state index in [0.29, 0.717) is 12.5 Å². The Bertz CT molecular complexity index is 1070. The first-order valence-corrected chi connectivity index (χ1v) is 9.51. The number of nitrogens with zero attached hydrogens (tertiary/aromatic N) is 3. The van der Waals surface area contributed by atoms with E-state index in [2.05, 4.69) is 40.4 Å². The van der Waals surface area contributed by atoms with Gasteiger partial charge in [0.05, 0.1) is 19.9 Å². The molecular weight excluding hydrogens is 364 g/mol. The van der Waals surface area contributed by atoms with Gasteiger partial charge in [0.2, 0.25) is 11.7 Å². The fourth-order valence-electron chi connectivity index (χ4n) is 2.97. The fourth-order valence-corrected chi connectivity index (χ4v) is 2.97. The molecule has 0 bridgehead atoms. The van der Waals surface area contributed by atoms with Crippen LogP contribution in [0.1, 0.15) is 31.4 Å². The van der Waals surface area contributed by atoms with Gasteiger partial charge in [-0.15, -0.1) is 0 Å². The Morgan fingerprint density at radius 1 is 1.34 bits per heavy atom. The summed E-state index contributed by atoms with van der Waals surface area (Å²) in [6.45, 7) is 6.63. The van der Waals surface area contributed by atoms with E-state index in [9.17, 15) is 4.79 Å². The third-order valence-corrected chi connectivity index (χ3v) is 4.50. The monoisotopic (exact) mass is 390 g/mol. The van der Waals surface area contributed by atoms with Gasteiger partial charge in [0.25, 0.3) is 0 Å². The highest BCUT2D eigenvalue weighted by molar-refractivity contribution is 5.73. The van der Waals surface area contributed by atoms with E-state index in [1.165, 1.54) is 12.7 Å². The number of allylic oxidation sites excluding steroid dienone is 4. The first-order valence-electron chi connectivity index (χ1n) is 9.51. The number of dihydropyridines is 1. The molecule has 3 rings (SSSR count). The molecule has 0 aliphatic carbocycles. The molecule has 0 saturated heterocycles. The van der Waals surface area contributed by atoms with Gasteiger partial charge in [-0.3, -0.25) is 9.79 Å². The van der Waals surface area contributed by atoms with E-state index >= 15 is 0 Å². The van der Waals surface area contributed by atoms with Crippen LogP contribution in [0.25, 0.3) is 0 Å². The lowest BCUT2D eigenvalue weighted by Gasteiger charge is -2.17. The van der Waals surface area contributed by atoms with Gasteiger partial charge in [0.15, 0.2) is 0 Å². The minimum absolute atomic E-state index is 0.210. The van der Waals surface area contributed by atoms with Crippen molar-refractivity contribution in [1.29, 1.82) is 0 Å². The van der Waals surface area contributed by atoms with Crippen LogP contribution < -0.4 is 15.6 Å². The first kappa shape index (κ1) is 20.3. The standard InChI is InChI=1S/C23H26N4O2/c1-16(2)20(13-19-10-5-6-11-24-19)25-23-26-22(28)21(29-4)15-27(23)14-18-9-7-8-17(3)12-18/h5-9,11-13,15H,10,14H2,1-4H3,(H,25,26,28)/b19-13+. The molecule has 0 amide bonds. The fraction of sp³-hybridized carbons (Fsp3) is 0.261. The minimum atomic E-state index is -0.408. The maximum absolute atomic E-state index is 12.3. The number of aliphatic imine (C=N–C) groups is 1. The largest absolute Gasteiger partial charge is 0.490 e. The number of methoxy groups -OCH3 is 1. The average Bonchev–Trinajstić information content (AvgIpc) is 2.70. The van der Waals surface area contributed by atoms with Crippen molar-refractivity contribution in [2.24, 2.45) is 4.99 Å². The lowest BCUT2D eigenvalue weighted by atomic mass is 10.1. The number of ether oxygens (including phenoxy) is 1. The van der Waals surface area contributed by atoms with E-state index in [4.69, 9.17) is 4.74 Å². The van der Waals surface area contributed by atoms with Crippen molar-refractivity contribution in [3.8, 4) is 5.75 Å². The smallest absolute Gasteiger partial charge is 0.316 e. The summed E-state index contributed by atoms with van der Waals surface area (Å²) < 4.78 is 7.09. The van der Waals surface area contributed by atoms with Crippen LogP contribution in [0.15, 0.2) is 75.4 Å². The van der Waals surface area contributed by atoms with E-state index in [1.807, 2.05) is 42.7 Å². The second-order valence-corrected chi connectivity index (χ2v) is 7.14. The molecule has 0 atom stereocenters. The molecule has 1 aliphatic heterocycles. The number of aromatic nitrogens is 2. The molecule has 29 heavy (non-hydrogen) atoms. The van der Waals surface area contributed by atoms with Crippen LogP contribution in [0.2, 0.25) is 0 Å². The normalized spacial score (nSPS) is 14.1. The summed E-state index contributed by atoms with van der Waals surface area (Å²) in [7, 11) is 1.48. The molecule has 0 saturated carbocycles. The summed E-state index contributed by atoms with van der Waals surface area (Å²) in [5.41, 5.74) is 4.75. The molecule has 1 N–H and O–H groups in total. The predicted molar refractivity (Wildman–Crippen MR) is 118 cm³/mol. The summed E-state index contributed by atoms with van der Waals surface area (Å²) in [6, 6.07) is 8.24. The van der Waals surface area contributed by atoms with Gasteiger partial charge < -0.3 is 14.6 Å². The summed E-state index contributed by atoms with van der Waals surface area (Å²) in [5.74, 6) is 0.669. The highest BCUT2D eigenvalue weighted by Gasteiger charge is 2.12. The van der Waals surface area contributed by atoms with Crippen molar-refractivity contribution >= 4 is 12.2 Å². The molecule has 0 spiro atoms. The molecule has 0 unspecified atom stereocenters. The zero-order valence-electron chi connectivity index (χ0n) is 17.3. The molecule has 2 aromatic rings. The van der Waals surface area contributed by atoms with Gasteiger partial charge in [0, 0.05) is 24.0 Å². The van der Waals surface area contributed by atoms with Crippen LogP contribution in [0.3, 0.4) is 0 Å². The van der Waals surface area contributed by atoms with E-state index in [-0.39, 0.29) is 5.75 Å². The summed E-state index contributed by atoms with van der Waals surface area (Å²) in [6.07, 6.45) is 10.2. The maximum atomic E-state index is 12.3. The second kappa shape index (κ2) is 9.19. The SMILES string of the molecule is COc1cn(Cc2cccc(C)c2)c(NC(/C=C2\CC=CC=N2)=C(C)C)nc1=O. The van der Waals surface area contributed by atoms with Gasteiger partial charge in [-0.1, -0.05) is 41.5 Å². The predicted octanol–water partition coefficient (Wildman–Crippen LogP) is 4.23. The van der Waals surface area contributed by atoms with Crippen LogP contribution in [0.4, 0.5) is 5.95 Å². The van der Waals surface area contributed by atoms with Gasteiger partial charge >= 0.3 is 5.56 Å². The summed E-state index contributed by atoms with van der Waals surface area (Å²) in [4.78, 5) is 21.0. The molecule has 0 radical (unpaired) electrons. The number of anilines is 1. The molecule has 1 aromatic carbocycles. The molecule has 1 aliphatic rings. The zero-order chi connectivity index (χ0) is 20.8. The summed E-state index contributed by atoms with van der Waals surface area (Å²) >= 11 is 0. The lowest BCUT2D eigenvalue weighted by Crippen LogP contribution is -2.20. The third-order valence-electron chi connectivity index (χ3n) is 4.50. The average molecular weight is 390 g/mol. The van der Waals surface area contributed by atoms with Crippen molar-refractivity contribution in [2.45, 2.75) is 33.7 Å². The number of nitrogens with one attached hydrogen (secondary N) is 1. The number of hydrogen-bond acceptors (Lipinski definition) is 5. The first-order chi connectivity index (χ1) is 14.0. The number of hydrogen-bond donors (Lipinski definition) is 1. The van der Waals surface area contributed by atoms with Gasteiger partial charge in [0.1, 0.15) is 0 Å². The summed E-state index contributed by atoms with van der Waals surface area (Å²) in [5, 5.41) is 3.32. The number of rotatable bonds is 6. The van der Waals surface area contributed by atoms with Crippen molar-refractivity contribution in [2.75, 3.05) is 12.4 Å². The second-order valence-electron chi connectivity index (χ2n) is 7.14. The Morgan fingerprint density at radius 2 is 2.17 bits per heavy atom. The van der Waals surface area contributed by atoms with Crippen LogP contribution in [0.5, 0.6) is 5.75 Å². The molecule has 1 aromatic heterocycles. The van der Waals surface area contributed by atoms with Crippen molar-refractivity contribution in [1.82, 2.24) is 9.55 Å². The Morgan fingerprint density at radius 3 is 2.83 bits per heavy atom. The lowest BCUT2D eigenvalue weighted by molar-refractivity contribution is 0.402. The highest BCUT2D eigenvalue weighted by atomic mass is 16.5. The van der Waals surface area contributed by atoms with Gasteiger partial charge in [-0.05, 0) is 38.5 Å². The molecular formula is C23H26N4O2. The molecule has 2 heterocycles. The molecule has 0 fully saturated rings. The van der Waals surface area contributed by atoms with Crippen LogP contribution in [-0.2, 0) is 6.54 Å². The minimum Gasteiger partial charge on any atom is -0.490 e. The van der Waals surface area contributed by atoms with Gasteiger partial charge in [-0.25, -0.2) is 0 Å².